The molecule has 0 unspecified atom stereocenters. The van der Waals surface area contributed by atoms with Gasteiger partial charge in [-0.15, -0.1) is 0 Å². The summed E-state index contributed by atoms with van der Waals surface area (Å²) in [5, 5.41) is 9.69. The van der Waals surface area contributed by atoms with E-state index >= 15 is 0 Å². The van der Waals surface area contributed by atoms with Gasteiger partial charge in [-0.25, -0.2) is 4.79 Å². The van der Waals surface area contributed by atoms with Crippen LogP contribution in [-0.2, 0) is 11.2 Å². The Balaban J connectivity index is 1.95. The molecule has 1 aromatic heterocycles. The van der Waals surface area contributed by atoms with Gasteiger partial charge in [0, 0.05) is 0 Å². The highest BCUT2D eigenvalue weighted by Gasteiger charge is 2.17. The van der Waals surface area contributed by atoms with Crippen LogP contribution in [0.2, 0.25) is 0 Å². The van der Waals surface area contributed by atoms with E-state index in [1.165, 1.54) is 0 Å². The number of aryl methyl sites for hydroxylation is 2. The van der Waals surface area contributed by atoms with Crippen LogP contribution in [0.3, 0.4) is 0 Å². The SMILES string of the molecule is Cc1cc(OCC=Cc2ccccc2)c2c(C)c(CC(=O)O)c(=O)oc2c1. The zero-order valence-corrected chi connectivity index (χ0v) is 15.2. The van der Waals surface area contributed by atoms with E-state index in [4.69, 9.17) is 14.3 Å². The lowest BCUT2D eigenvalue weighted by atomic mass is 10.0. The van der Waals surface area contributed by atoms with E-state index in [0.717, 1.165) is 11.1 Å². The molecule has 5 nitrogen and oxygen atoms in total. The van der Waals surface area contributed by atoms with E-state index in [0.29, 0.717) is 28.9 Å². The Labute approximate surface area is 156 Å². The fraction of sp³-hybridized carbons (Fsp3) is 0.182. The van der Waals surface area contributed by atoms with Crippen molar-refractivity contribution in [1.82, 2.24) is 0 Å². The molecular weight excluding hydrogens is 344 g/mol. The topological polar surface area (TPSA) is 76.7 Å². The molecule has 0 aliphatic rings. The highest BCUT2D eigenvalue weighted by molar-refractivity contribution is 5.89. The van der Waals surface area contributed by atoms with Gasteiger partial charge in [0.25, 0.3) is 0 Å². The van der Waals surface area contributed by atoms with Crippen molar-refractivity contribution in [2.45, 2.75) is 20.3 Å². The third kappa shape index (κ3) is 4.26. The van der Waals surface area contributed by atoms with Crippen LogP contribution in [0.4, 0.5) is 0 Å². The summed E-state index contributed by atoms with van der Waals surface area (Å²) >= 11 is 0. The van der Waals surface area contributed by atoms with Gasteiger partial charge in [-0.3, -0.25) is 4.79 Å². The van der Waals surface area contributed by atoms with Gasteiger partial charge in [0.15, 0.2) is 0 Å². The quantitative estimate of drug-likeness (QED) is 0.666. The lowest BCUT2D eigenvalue weighted by molar-refractivity contribution is -0.136. The normalized spacial score (nSPS) is 11.2. The maximum atomic E-state index is 12.1. The van der Waals surface area contributed by atoms with Gasteiger partial charge >= 0.3 is 11.6 Å². The highest BCUT2D eigenvalue weighted by Crippen LogP contribution is 2.31. The predicted molar refractivity (Wildman–Crippen MR) is 104 cm³/mol. The minimum atomic E-state index is -1.08. The van der Waals surface area contributed by atoms with E-state index in [-0.39, 0.29) is 12.0 Å². The summed E-state index contributed by atoms with van der Waals surface area (Å²) in [5.41, 5.74) is 2.45. The fourth-order valence-electron chi connectivity index (χ4n) is 2.99. The molecular formula is C22H20O5. The molecule has 138 valence electrons. The van der Waals surface area contributed by atoms with Crippen molar-refractivity contribution in [2.24, 2.45) is 0 Å². The van der Waals surface area contributed by atoms with Crippen molar-refractivity contribution in [2.75, 3.05) is 6.61 Å². The van der Waals surface area contributed by atoms with E-state index in [2.05, 4.69) is 0 Å². The predicted octanol–water partition coefficient (Wildman–Crippen LogP) is 4.13. The molecule has 0 spiro atoms. The first-order chi connectivity index (χ1) is 13.0. The van der Waals surface area contributed by atoms with Crippen molar-refractivity contribution in [3.63, 3.8) is 0 Å². The molecule has 27 heavy (non-hydrogen) atoms. The van der Waals surface area contributed by atoms with Gasteiger partial charge in [0.05, 0.1) is 17.4 Å². The third-order valence-corrected chi connectivity index (χ3v) is 4.26. The second-order valence-corrected chi connectivity index (χ2v) is 6.32. The van der Waals surface area contributed by atoms with Gasteiger partial charge in [0.2, 0.25) is 0 Å². The van der Waals surface area contributed by atoms with E-state index in [1.807, 2.05) is 55.5 Å². The summed E-state index contributed by atoms with van der Waals surface area (Å²) in [7, 11) is 0. The zero-order chi connectivity index (χ0) is 19.4. The minimum absolute atomic E-state index is 0.142. The second-order valence-electron chi connectivity index (χ2n) is 6.32. The average Bonchev–Trinajstić information content (AvgIpc) is 2.62. The summed E-state index contributed by atoms with van der Waals surface area (Å²) in [5.74, 6) is -0.513. The first kappa shape index (κ1) is 18.5. The van der Waals surface area contributed by atoms with E-state index in [1.54, 1.807) is 13.0 Å². The van der Waals surface area contributed by atoms with Gasteiger partial charge < -0.3 is 14.3 Å². The van der Waals surface area contributed by atoms with Crippen molar-refractivity contribution in [1.29, 1.82) is 0 Å². The fourth-order valence-corrected chi connectivity index (χ4v) is 2.99. The van der Waals surface area contributed by atoms with Gasteiger partial charge in [-0.2, -0.15) is 0 Å². The van der Waals surface area contributed by atoms with Gasteiger partial charge in [-0.05, 0) is 48.7 Å². The van der Waals surface area contributed by atoms with Crippen molar-refractivity contribution < 1.29 is 19.1 Å². The van der Waals surface area contributed by atoms with Gasteiger partial charge in [0.1, 0.15) is 17.9 Å². The number of ether oxygens (including phenoxy) is 1. The Bertz CT molecular complexity index is 1060. The molecule has 1 N–H and O–H groups in total. The number of benzene rings is 2. The molecule has 0 bridgehead atoms. The molecule has 0 saturated heterocycles. The minimum Gasteiger partial charge on any atom is -0.489 e. The number of aliphatic carboxylic acids is 1. The van der Waals surface area contributed by atoms with Crippen LogP contribution >= 0.6 is 0 Å². The molecule has 0 saturated carbocycles. The van der Waals surface area contributed by atoms with Crippen LogP contribution in [0, 0.1) is 13.8 Å². The first-order valence-corrected chi connectivity index (χ1v) is 8.59. The van der Waals surface area contributed by atoms with Crippen molar-refractivity contribution >= 4 is 23.0 Å². The summed E-state index contributed by atoms with van der Waals surface area (Å²) < 4.78 is 11.3. The van der Waals surface area contributed by atoms with Crippen LogP contribution in [0.15, 0.2) is 57.8 Å². The average molecular weight is 364 g/mol. The van der Waals surface area contributed by atoms with Crippen LogP contribution in [0.1, 0.15) is 22.3 Å². The summed E-state index contributed by atoms with van der Waals surface area (Å²) in [6, 6.07) is 13.5. The molecule has 3 rings (SSSR count). The van der Waals surface area contributed by atoms with Crippen LogP contribution in [0.5, 0.6) is 5.75 Å². The smallest absolute Gasteiger partial charge is 0.340 e. The molecule has 5 heteroatoms. The molecule has 0 radical (unpaired) electrons. The molecule has 0 aliphatic carbocycles. The van der Waals surface area contributed by atoms with Crippen LogP contribution < -0.4 is 10.4 Å². The Morgan fingerprint density at radius 1 is 1.19 bits per heavy atom. The summed E-state index contributed by atoms with van der Waals surface area (Å²) in [6.45, 7) is 3.94. The zero-order valence-electron chi connectivity index (χ0n) is 15.2. The lowest BCUT2D eigenvalue weighted by Gasteiger charge is -2.12. The molecule has 0 amide bonds. The number of hydrogen-bond donors (Lipinski definition) is 1. The van der Waals surface area contributed by atoms with E-state index < -0.39 is 11.6 Å². The molecule has 3 aromatic rings. The Morgan fingerprint density at radius 3 is 2.63 bits per heavy atom. The van der Waals surface area contributed by atoms with E-state index in [9.17, 15) is 9.59 Å². The first-order valence-electron chi connectivity index (χ1n) is 8.59. The number of hydrogen-bond acceptors (Lipinski definition) is 4. The number of rotatable bonds is 6. The molecule has 2 aromatic carbocycles. The largest absolute Gasteiger partial charge is 0.489 e. The molecule has 0 aliphatic heterocycles. The van der Waals surface area contributed by atoms with Gasteiger partial charge in [-0.1, -0.05) is 36.4 Å². The maximum Gasteiger partial charge on any atom is 0.340 e. The molecule has 1 heterocycles. The van der Waals surface area contributed by atoms with Crippen LogP contribution in [0.25, 0.3) is 17.0 Å². The third-order valence-electron chi connectivity index (χ3n) is 4.26. The number of fused-ring (bicyclic) bond motifs is 1. The van der Waals surface area contributed by atoms with Crippen molar-refractivity contribution in [3.05, 3.63) is 81.2 Å². The summed E-state index contributed by atoms with van der Waals surface area (Å²) in [4.78, 5) is 23.2. The Morgan fingerprint density at radius 2 is 1.93 bits per heavy atom. The molecule has 0 atom stereocenters. The monoisotopic (exact) mass is 364 g/mol. The number of carboxylic acid groups (broad SMARTS) is 1. The molecule has 0 fully saturated rings. The second kappa shape index (κ2) is 7.91. The maximum absolute atomic E-state index is 12.1. The number of carbonyl (C=O) groups is 1. The highest BCUT2D eigenvalue weighted by atomic mass is 16.5. The Kier molecular flexibility index (Phi) is 5.41. The number of carboxylic acids is 1. The Hall–Kier alpha value is -3.34. The van der Waals surface area contributed by atoms with Crippen molar-refractivity contribution in [3.8, 4) is 5.75 Å². The summed E-state index contributed by atoms with van der Waals surface area (Å²) in [6.07, 6.45) is 3.47. The van der Waals surface area contributed by atoms with Crippen LogP contribution in [-0.4, -0.2) is 17.7 Å². The standard InChI is InChI=1S/C22H20O5/c1-14-11-18(26-10-6-9-16-7-4-3-5-8-16)21-15(2)17(13-20(23)24)22(25)27-19(21)12-14/h3-9,11-12H,10,13H2,1-2H3,(H,23,24). The lowest BCUT2D eigenvalue weighted by Crippen LogP contribution is -2.15.